The lowest BCUT2D eigenvalue weighted by atomic mass is 9.87. The summed E-state index contributed by atoms with van der Waals surface area (Å²) in [6, 6.07) is 12.4. The zero-order valence-electron chi connectivity index (χ0n) is 22.8. The molecule has 1 aliphatic carbocycles. The summed E-state index contributed by atoms with van der Waals surface area (Å²) >= 11 is 0. The number of halogens is 2. The Kier molecular flexibility index (Phi) is 7.45. The van der Waals surface area contributed by atoms with E-state index in [4.69, 9.17) is 15.1 Å². The van der Waals surface area contributed by atoms with Crippen LogP contribution in [0.4, 0.5) is 14.6 Å². The molecule has 2 fully saturated rings. The number of anilines is 1. The highest BCUT2D eigenvalue weighted by molar-refractivity contribution is 5.95. The van der Waals surface area contributed by atoms with Gasteiger partial charge in [-0.1, -0.05) is 44.2 Å². The number of nitrogens with zero attached hydrogens (tertiary/aromatic N) is 6. The van der Waals surface area contributed by atoms with Crippen LogP contribution in [-0.4, -0.2) is 56.7 Å². The molecule has 1 saturated carbocycles. The molecule has 6 rings (SSSR count). The molecule has 1 aliphatic heterocycles. The standard InChI is InChI=1S/C31H34F2N6O/c1-21-28-29(37-16-7-17-38(19-18-37)31(40)25-10-5-6-11-26(25)33)34-27(20-22-8-3-2-4-9-22)35-30(28)39(36-21)24-14-12-23(32)13-15-24/h5-6,10-15,22H,2-4,7-9,16-20H2,1H3. The van der Waals surface area contributed by atoms with Gasteiger partial charge in [0.05, 0.1) is 22.3 Å². The van der Waals surface area contributed by atoms with Crippen LogP contribution in [0.2, 0.25) is 0 Å². The Balaban J connectivity index is 1.36. The highest BCUT2D eigenvalue weighted by Crippen LogP contribution is 2.32. The van der Waals surface area contributed by atoms with E-state index in [-0.39, 0.29) is 17.3 Å². The molecule has 2 aromatic heterocycles. The number of carbonyl (C=O) groups excluding carboxylic acids is 1. The van der Waals surface area contributed by atoms with Gasteiger partial charge in [-0.3, -0.25) is 4.79 Å². The summed E-state index contributed by atoms with van der Waals surface area (Å²) in [5.74, 6) is 1.08. The van der Waals surface area contributed by atoms with Crippen molar-refractivity contribution in [2.24, 2.45) is 5.92 Å². The van der Waals surface area contributed by atoms with E-state index in [2.05, 4.69) is 4.90 Å². The fourth-order valence-electron chi connectivity index (χ4n) is 6.07. The number of rotatable bonds is 5. The Hall–Kier alpha value is -3.88. The van der Waals surface area contributed by atoms with Crippen LogP contribution in [0.15, 0.2) is 48.5 Å². The summed E-state index contributed by atoms with van der Waals surface area (Å²) < 4.78 is 29.8. The summed E-state index contributed by atoms with van der Waals surface area (Å²) in [5.41, 5.74) is 2.35. The minimum absolute atomic E-state index is 0.103. The van der Waals surface area contributed by atoms with E-state index in [1.54, 1.807) is 39.9 Å². The lowest BCUT2D eigenvalue weighted by Gasteiger charge is -2.25. The molecule has 4 aromatic rings. The second kappa shape index (κ2) is 11.3. The Morgan fingerprint density at radius 3 is 2.45 bits per heavy atom. The quantitative estimate of drug-likeness (QED) is 0.314. The van der Waals surface area contributed by atoms with Crippen molar-refractivity contribution in [1.82, 2.24) is 24.6 Å². The summed E-state index contributed by atoms with van der Waals surface area (Å²) in [7, 11) is 0. The molecule has 1 amide bonds. The molecule has 0 N–H and O–H groups in total. The lowest BCUT2D eigenvalue weighted by Crippen LogP contribution is -2.36. The van der Waals surface area contributed by atoms with Gasteiger partial charge in [0.1, 0.15) is 23.3 Å². The maximum Gasteiger partial charge on any atom is 0.256 e. The topological polar surface area (TPSA) is 67.2 Å². The first-order chi connectivity index (χ1) is 19.5. The second-order valence-electron chi connectivity index (χ2n) is 11.0. The molecule has 3 heterocycles. The fraction of sp³-hybridized carbons (Fsp3) is 0.419. The number of carbonyl (C=O) groups is 1. The van der Waals surface area contributed by atoms with Crippen LogP contribution in [-0.2, 0) is 6.42 Å². The number of hydrogen-bond donors (Lipinski definition) is 0. The summed E-state index contributed by atoms with van der Waals surface area (Å²) in [4.78, 5) is 27.2. The van der Waals surface area contributed by atoms with Crippen LogP contribution in [0.3, 0.4) is 0 Å². The van der Waals surface area contributed by atoms with Crippen molar-refractivity contribution in [2.75, 3.05) is 31.1 Å². The van der Waals surface area contributed by atoms with E-state index in [1.807, 2.05) is 6.92 Å². The fourth-order valence-corrected chi connectivity index (χ4v) is 6.07. The van der Waals surface area contributed by atoms with Crippen molar-refractivity contribution >= 4 is 22.8 Å². The number of aromatic nitrogens is 4. The Bertz CT molecular complexity index is 1510. The zero-order chi connectivity index (χ0) is 27.6. The average molecular weight is 545 g/mol. The number of hydrogen-bond acceptors (Lipinski definition) is 5. The van der Waals surface area contributed by atoms with E-state index < -0.39 is 5.82 Å². The smallest absolute Gasteiger partial charge is 0.256 e. The van der Waals surface area contributed by atoms with Gasteiger partial charge in [0.2, 0.25) is 0 Å². The molecule has 208 valence electrons. The maximum absolute atomic E-state index is 14.4. The number of fused-ring (bicyclic) bond motifs is 1. The molecule has 0 spiro atoms. The van der Waals surface area contributed by atoms with Crippen molar-refractivity contribution in [3.8, 4) is 5.69 Å². The predicted octanol–water partition coefficient (Wildman–Crippen LogP) is 5.88. The molecule has 0 unspecified atom stereocenters. The Labute approximate surface area is 232 Å². The third-order valence-corrected chi connectivity index (χ3v) is 8.18. The van der Waals surface area contributed by atoms with Crippen molar-refractivity contribution in [2.45, 2.75) is 51.9 Å². The number of aryl methyl sites for hydroxylation is 1. The van der Waals surface area contributed by atoms with Crippen LogP contribution < -0.4 is 4.90 Å². The van der Waals surface area contributed by atoms with E-state index in [0.717, 1.165) is 41.3 Å². The molecule has 40 heavy (non-hydrogen) atoms. The molecule has 1 saturated heterocycles. The first-order valence-corrected chi connectivity index (χ1v) is 14.3. The van der Waals surface area contributed by atoms with Crippen LogP contribution in [0.1, 0.15) is 60.4 Å². The van der Waals surface area contributed by atoms with Gasteiger partial charge in [-0.15, -0.1) is 0 Å². The normalized spacial score (nSPS) is 16.9. The second-order valence-corrected chi connectivity index (χ2v) is 11.0. The number of amides is 1. The molecule has 2 aliphatic rings. The van der Waals surface area contributed by atoms with Crippen LogP contribution in [0.25, 0.3) is 16.7 Å². The molecule has 0 atom stereocenters. The molecule has 9 heteroatoms. The molecular formula is C31H34F2N6O. The van der Waals surface area contributed by atoms with Gasteiger partial charge < -0.3 is 9.80 Å². The molecular weight excluding hydrogens is 510 g/mol. The van der Waals surface area contributed by atoms with Gasteiger partial charge in [-0.25, -0.2) is 23.4 Å². The Morgan fingerprint density at radius 1 is 0.900 bits per heavy atom. The van der Waals surface area contributed by atoms with Crippen molar-refractivity contribution < 1.29 is 13.6 Å². The van der Waals surface area contributed by atoms with Gasteiger partial charge >= 0.3 is 0 Å². The van der Waals surface area contributed by atoms with Crippen LogP contribution in [0, 0.1) is 24.5 Å². The molecule has 0 radical (unpaired) electrons. The van der Waals surface area contributed by atoms with Gasteiger partial charge in [0.25, 0.3) is 5.91 Å². The van der Waals surface area contributed by atoms with Crippen molar-refractivity contribution in [3.05, 3.63) is 77.2 Å². The SMILES string of the molecule is Cc1nn(-c2ccc(F)cc2)c2nc(CC3CCCCC3)nc(N3CCCN(C(=O)c4ccccc4F)CC3)c12. The van der Waals surface area contributed by atoms with Crippen molar-refractivity contribution in [3.63, 3.8) is 0 Å². The minimum atomic E-state index is -0.498. The first kappa shape index (κ1) is 26.3. The minimum Gasteiger partial charge on any atom is -0.354 e. The molecule has 2 aromatic carbocycles. The zero-order valence-corrected chi connectivity index (χ0v) is 22.8. The number of benzene rings is 2. The molecule has 7 nitrogen and oxygen atoms in total. The van der Waals surface area contributed by atoms with Gasteiger partial charge in [-0.05, 0) is 55.7 Å². The lowest BCUT2D eigenvalue weighted by molar-refractivity contribution is 0.0762. The molecule has 0 bridgehead atoms. The van der Waals surface area contributed by atoms with E-state index in [1.165, 1.54) is 50.3 Å². The predicted molar refractivity (Wildman–Crippen MR) is 151 cm³/mol. The Morgan fingerprint density at radius 2 is 1.68 bits per heavy atom. The first-order valence-electron chi connectivity index (χ1n) is 14.3. The van der Waals surface area contributed by atoms with Gasteiger partial charge in [-0.2, -0.15) is 5.10 Å². The average Bonchev–Trinajstić information content (AvgIpc) is 3.13. The van der Waals surface area contributed by atoms with E-state index in [9.17, 15) is 13.6 Å². The van der Waals surface area contributed by atoms with Crippen LogP contribution in [0.5, 0.6) is 0 Å². The third-order valence-electron chi connectivity index (χ3n) is 8.18. The van der Waals surface area contributed by atoms with Gasteiger partial charge in [0.15, 0.2) is 5.65 Å². The summed E-state index contributed by atoms with van der Waals surface area (Å²) in [6.07, 6.45) is 7.67. The highest BCUT2D eigenvalue weighted by atomic mass is 19.1. The van der Waals surface area contributed by atoms with E-state index >= 15 is 0 Å². The van der Waals surface area contributed by atoms with Gasteiger partial charge in [0, 0.05) is 32.6 Å². The summed E-state index contributed by atoms with van der Waals surface area (Å²) in [6.45, 7) is 4.22. The maximum atomic E-state index is 14.4. The largest absolute Gasteiger partial charge is 0.354 e. The highest BCUT2D eigenvalue weighted by Gasteiger charge is 2.27. The monoisotopic (exact) mass is 544 g/mol. The third kappa shape index (κ3) is 5.29. The van der Waals surface area contributed by atoms with E-state index in [0.29, 0.717) is 37.7 Å². The summed E-state index contributed by atoms with van der Waals surface area (Å²) in [5, 5.41) is 5.67. The van der Waals surface area contributed by atoms with Crippen LogP contribution >= 0.6 is 0 Å². The van der Waals surface area contributed by atoms with Crippen molar-refractivity contribution in [1.29, 1.82) is 0 Å².